The third kappa shape index (κ3) is 2.66. The molecule has 1 aromatic heterocycles. The van der Waals surface area contributed by atoms with E-state index < -0.39 is 11.5 Å². The van der Waals surface area contributed by atoms with Crippen molar-refractivity contribution in [2.45, 2.75) is 0 Å². The van der Waals surface area contributed by atoms with Gasteiger partial charge in [-0.1, -0.05) is 11.6 Å². The number of aromatic nitrogens is 2. The number of nitrogens with zero attached hydrogens (tertiary/aromatic N) is 1. The zero-order chi connectivity index (χ0) is 14.0. The van der Waals surface area contributed by atoms with Gasteiger partial charge in [0, 0.05) is 0 Å². The molecule has 19 heavy (non-hydrogen) atoms. The first kappa shape index (κ1) is 12.9. The van der Waals surface area contributed by atoms with Crippen LogP contribution >= 0.6 is 11.6 Å². The number of ether oxygens (including phenoxy) is 1. The lowest BCUT2D eigenvalue weighted by Crippen LogP contribution is -2.13. The summed E-state index contributed by atoms with van der Waals surface area (Å²) in [7, 11) is 0. The fourth-order valence-corrected chi connectivity index (χ4v) is 1.52. The summed E-state index contributed by atoms with van der Waals surface area (Å²) in [5.74, 6) is -1.06. The molecule has 8 heteroatoms. The lowest BCUT2D eigenvalue weighted by molar-refractivity contribution is 0.0697. The van der Waals surface area contributed by atoms with Crippen LogP contribution in [0.5, 0.6) is 11.6 Å². The molecule has 0 aliphatic carbocycles. The molecule has 0 unspecified atom stereocenters. The molecule has 0 amide bonds. The van der Waals surface area contributed by atoms with Crippen LogP contribution in [0.4, 0.5) is 5.69 Å². The minimum Gasteiger partial charge on any atom is -0.478 e. The maximum absolute atomic E-state index is 11.2. The van der Waals surface area contributed by atoms with E-state index in [1.54, 1.807) is 0 Å². The highest BCUT2D eigenvalue weighted by atomic mass is 35.5. The summed E-state index contributed by atoms with van der Waals surface area (Å²) in [6.07, 6.45) is 1.13. The molecule has 0 aliphatic heterocycles. The summed E-state index contributed by atoms with van der Waals surface area (Å²) in [5, 5.41) is 8.86. The molecule has 0 saturated carbocycles. The van der Waals surface area contributed by atoms with Crippen LogP contribution < -0.4 is 16.0 Å². The third-order valence-corrected chi connectivity index (χ3v) is 2.53. The Labute approximate surface area is 111 Å². The Bertz CT molecular complexity index is 699. The molecule has 0 saturated heterocycles. The minimum absolute atomic E-state index is 0.0178. The van der Waals surface area contributed by atoms with Crippen LogP contribution in [0.15, 0.2) is 29.3 Å². The largest absolute Gasteiger partial charge is 0.478 e. The van der Waals surface area contributed by atoms with Gasteiger partial charge in [-0.2, -0.15) is 0 Å². The summed E-state index contributed by atoms with van der Waals surface area (Å²) in [4.78, 5) is 28.0. The highest BCUT2D eigenvalue weighted by Gasteiger charge is 2.12. The molecule has 0 bridgehead atoms. The highest BCUT2D eigenvalue weighted by Crippen LogP contribution is 2.30. The molecule has 0 atom stereocenters. The van der Waals surface area contributed by atoms with Crippen molar-refractivity contribution in [3.63, 3.8) is 0 Å². The fourth-order valence-electron chi connectivity index (χ4n) is 1.30. The maximum Gasteiger partial charge on any atom is 0.335 e. The van der Waals surface area contributed by atoms with Crippen molar-refractivity contribution < 1.29 is 14.6 Å². The van der Waals surface area contributed by atoms with Crippen molar-refractivity contribution in [3.05, 3.63) is 45.5 Å². The summed E-state index contributed by atoms with van der Waals surface area (Å²) < 4.78 is 5.27. The Hall–Kier alpha value is -2.54. The van der Waals surface area contributed by atoms with E-state index in [-0.39, 0.29) is 27.9 Å². The first-order valence-corrected chi connectivity index (χ1v) is 5.40. The monoisotopic (exact) mass is 281 g/mol. The summed E-state index contributed by atoms with van der Waals surface area (Å²) in [5.41, 5.74) is 4.78. The van der Waals surface area contributed by atoms with E-state index in [1.807, 2.05) is 0 Å². The molecule has 0 fully saturated rings. The topological polar surface area (TPSA) is 118 Å². The molecule has 0 spiro atoms. The van der Waals surface area contributed by atoms with E-state index in [4.69, 9.17) is 27.2 Å². The number of aromatic carboxylic acids is 1. The first-order valence-electron chi connectivity index (χ1n) is 5.03. The van der Waals surface area contributed by atoms with Gasteiger partial charge < -0.3 is 20.6 Å². The number of carboxylic acids is 1. The quantitative estimate of drug-likeness (QED) is 0.784. The average molecular weight is 282 g/mol. The van der Waals surface area contributed by atoms with Crippen molar-refractivity contribution in [2.24, 2.45) is 0 Å². The summed E-state index contributed by atoms with van der Waals surface area (Å²) in [6.45, 7) is 0. The van der Waals surface area contributed by atoms with Crippen LogP contribution in [0.3, 0.4) is 0 Å². The minimum atomic E-state index is -1.11. The number of nitrogen functional groups attached to an aromatic ring is 1. The molecule has 2 rings (SSSR count). The van der Waals surface area contributed by atoms with Crippen molar-refractivity contribution >= 4 is 23.3 Å². The van der Waals surface area contributed by atoms with Crippen LogP contribution in [0.2, 0.25) is 5.02 Å². The Morgan fingerprint density at radius 3 is 2.84 bits per heavy atom. The molecule has 1 heterocycles. The zero-order valence-corrected chi connectivity index (χ0v) is 10.1. The normalized spacial score (nSPS) is 10.2. The van der Waals surface area contributed by atoms with Crippen molar-refractivity contribution in [1.82, 2.24) is 9.97 Å². The first-order chi connectivity index (χ1) is 8.99. The number of hydrogen-bond donors (Lipinski definition) is 3. The Morgan fingerprint density at radius 1 is 1.47 bits per heavy atom. The third-order valence-electron chi connectivity index (χ3n) is 2.24. The van der Waals surface area contributed by atoms with Crippen LogP contribution in [-0.2, 0) is 0 Å². The van der Waals surface area contributed by atoms with Crippen LogP contribution in [0.25, 0.3) is 0 Å². The van der Waals surface area contributed by atoms with Gasteiger partial charge in [-0.05, 0) is 18.2 Å². The molecule has 0 aliphatic rings. The molecule has 2 aromatic rings. The molecule has 4 N–H and O–H groups in total. The predicted octanol–water partition coefficient (Wildman–Crippen LogP) is 1.50. The van der Waals surface area contributed by atoms with Crippen molar-refractivity contribution in [2.75, 3.05) is 5.73 Å². The number of carbonyl (C=O) groups is 1. The molecule has 7 nitrogen and oxygen atoms in total. The lowest BCUT2D eigenvalue weighted by atomic mass is 10.2. The fraction of sp³-hybridized carbons (Fsp3) is 0. The zero-order valence-electron chi connectivity index (χ0n) is 9.38. The number of nitrogens with two attached hydrogens (primary N) is 1. The van der Waals surface area contributed by atoms with Crippen molar-refractivity contribution in [1.29, 1.82) is 0 Å². The average Bonchev–Trinajstić information content (AvgIpc) is 2.37. The Morgan fingerprint density at radius 2 is 2.21 bits per heavy atom. The van der Waals surface area contributed by atoms with Gasteiger partial charge in [0.05, 0.1) is 16.9 Å². The van der Waals surface area contributed by atoms with Gasteiger partial charge in [0.15, 0.2) is 5.69 Å². The van der Waals surface area contributed by atoms with E-state index in [0.29, 0.717) is 0 Å². The van der Waals surface area contributed by atoms with Gasteiger partial charge in [-0.25, -0.2) is 9.78 Å². The van der Waals surface area contributed by atoms with E-state index in [9.17, 15) is 9.59 Å². The molecule has 1 aromatic carbocycles. The number of H-pyrrole nitrogens is 1. The van der Waals surface area contributed by atoms with E-state index in [0.717, 1.165) is 6.33 Å². The van der Waals surface area contributed by atoms with Crippen LogP contribution in [0.1, 0.15) is 10.4 Å². The Balaban J connectivity index is 2.36. The van der Waals surface area contributed by atoms with E-state index >= 15 is 0 Å². The van der Waals surface area contributed by atoms with Crippen LogP contribution in [0, 0.1) is 0 Å². The van der Waals surface area contributed by atoms with E-state index in [2.05, 4.69) is 9.97 Å². The number of carboxylic acid groups (broad SMARTS) is 1. The van der Waals surface area contributed by atoms with E-state index in [1.165, 1.54) is 18.2 Å². The number of anilines is 1. The van der Waals surface area contributed by atoms with Gasteiger partial charge in [0.1, 0.15) is 5.75 Å². The second-order valence-corrected chi connectivity index (χ2v) is 3.91. The van der Waals surface area contributed by atoms with Crippen LogP contribution in [-0.4, -0.2) is 21.0 Å². The number of nitrogens with one attached hydrogen (secondary N) is 1. The molecular weight excluding hydrogens is 274 g/mol. The maximum atomic E-state index is 11.2. The second-order valence-electron chi connectivity index (χ2n) is 3.50. The van der Waals surface area contributed by atoms with Gasteiger partial charge in [-0.3, -0.25) is 4.79 Å². The number of rotatable bonds is 3. The smallest absolute Gasteiger partial charge is 0.335 e. The van der Waals surface area contributed by atoms with Crippen molar-refractivity contribution in [3.8, 4) is 11.6 Å². The molecular formula is C11H8ClN3O4. The predicted molar refractivity (Wildman–Crippen MR) is 67.8 cm³/mol. The lowest BCUT2D eigenvalue weighted by Gasteiger charge is -2.08. The SMILES string of the molecule is Nc1c(Oc2ccc(C(=O)O)cc2Cl)nc[nH]c1=O. The second kappa shape index (κ2) is 4.99. The van der Waals surface area contributed by atoms with Gasteiger partial charge in [-0.15, -0.1) is 0 Å². The number of halogens is 1. The number of benzene rings is 1. The molecule has 98 valence electrons. The number of hydrogen-bond acceptors (Lipinski definition) is 5. The highest BCUT2D eigenvalue weighted by molar-refractivity contribution is 6.32. The standard InChI is InChI=1S/C11H8ClN3O4/c12-6-3-5(11(17)18)1-2-7(6)19-10-8(13)9(16)14-4-15-10/h1-4H,13H2,(H,17,18)(H,14,15,16). The Kier molecular flexibility index (Phi) is 3.39. The van der Waals surface area contributed by atoms with Gasteiger partial charge >= 0.3 is 5.97 Å². The summed E-state index contributed by atoms with van der Waals surface area (Å²) in [6, 6.07) is 3.89. The molecule has 0 radical (unpaired) electrons. The number of aromatic amines is 1. The van der Waals surface area contributed by atoms with Gasteiger partial charge in [0.25, 0.3) is 5.56 Å². The van der Waals surface area contributed by atoms with Gasteiger partial charge in [0.2, 0.25) is 5.88 Å². The summed E-state index contributed by atoms with van der Waals surface area (Å²) >= 11 is 5.87.